The number of nitrogens with one attached hydrogen (secondary N) is 1. The van der Waals surface area contributed by atoms with Gasteiger partial charge in [-0.05, 0) is 49.2 Å². The van der Waals surface area contributed by atoms with E-state index in [2.05, 4.69) is 19.9 Å². The number of nitrogen functional groups attached to an aromatic ring is 1. The van der Waals surface area contributed by atoms with Crippen LogP contribution in [-0.2, 0) is 12.0 Å². The molecule has 4 heterocycles. The highest BCUT2D eigenvalue weighted by Crippen LogP contribution is 2.42. The number of pyridine rings is 2. The number of aliphatic hydroxyl groups is 1. The van der Waals surface area contributed by atoms with Crippen LogP contribution in [0.3, 0.4) is 0 Å². The molecule has 0 aliphatic heterocycles. The zero-order valence-electron chi connectivity index (χ0n) is 18.6. The number of nitrogens with two attached hydrogens (primary N) is 1. The lowest BCUT2D eigenvalue weighted by Crippen LogP contribution is -2.42. The number of aryl methyl sites for hydroxylation is 1. The Labute approximate surface area is 214 Å². The highest BCUT2D eigenvalue weighted by atomic mass is 35.5. The van der Waals surface area contributed by atoms with Crippen LogP contribution < -0.4 is 10.5 Å². The number of anilines is 1. The summed E-state index contributed by atoms with van der Waals surface area (Å²) in [6.45, 7) is 0. The van der Waals surface area contributed by atoms with E-state index in [9.17, 15) is 10.3 Å². The number of fused-ring (bicyclic) bond motifs is 1. The van der Waals surface area contributed by atoms with Crippen molar-refractivity contribution < 1.29 is 14.3 Å². The molecule has 1 aliphatic rings. The lowest BCUT2D eigenvalue weighted by atomic mass is 9.96. The molecular formula is C25H18Cl2N6O3. The largest absolute Gasteiger partial charge is 0.618 e. The van der Waals surface area contributed by atoms with E-state index in [0.29, 0.717) is 55.7 Å². The van der Waals surface area contributed by atoms with E-state index in [4.69, 9.17) is 33.4 Å². The number of oxazole rings is 1. The highest BCUT2D eigenvalue weighted by Gasteiger charge is 2.48. The Hall–Kier alpha value is -3.92. The second-order valence-electron chi connectivity index (χ2n) is 8.56. The first kappa shape index (κ1) is 22.5. The number of H-pyrrole nitrogens is 1. The minimum Gasteiger partial charge on any atom is -0.618 e. The molecule has 0 bridgehead atoms. The molecule has 9 nitrogen and oxygen atoms in total. The number of halogens is 2. The quantitative estimate of drug-likeness (QED) is 0.180. The van der Waals surface area contributed by atoms with Crippen molar-refractivity contribution in [1.29, 1.82) is 0 Å². The Morgan fingerprint density at radius 1 is 1.11 bits per heavy atom. The molecule has 180 valence electrons. The number of hydrogen-bond acceptors (Lipinski definition) is 7. The number of rotatable bonds is 4. The van der Waals surface area contributed by atoms with Gasteiger partial charge in [0.15, 0.2) is 18.4 Å². The summed E-state index contributed by atoms with van der Waals surface area (Å²) in [5.74, 6) is 1.09. The SMILES string of the molecule is Nc1ccc(-c2cnc([C@]3(O)CCc4cc(-c5cc(Cl)ccc5-c5cnco5)c[n+]([O-])c43)[nH]2)c(Cl)n1. The smallest absolute Gasteiger partial charge is 0.235 e. The number of nitrogens with zero attached hydrogens (tertiary/aromatic N) is 4. The second-order valence-corrected chi connectivity index (χ2v) is 9.36. The predicted octanol–water partition coefficient (Wildman–Crippen LogP) is 4.50. The Kier molecular flexibility index (Phi) is 5.22. The lowest BCUT2D eigenvalue weighted by Gasteiger charge is -2.20. The van der Waals surface area contributed by atoms with Gasteiger partial charge in [0.05, 0.1) is 18.1 Å². The number of aromatic amines is 1. The third-order valence-corrected chi connectivity index (χ3v) is 6.90. The van der Waals surface area contributed by atoms with Gasteiger partial charge in [-0.2, -0.15) is 4.73 Å². The summed E-state index contributed by atoms with van der Waals surface area (Å²) in [7, 11) is 0. The lowest BCUT2D eigenvalue weighted by molar-refractivity contribution is -0.620. The van der Waals surface area contributed by atoms with Gasteiger partial charge in [-0.15, -0.1) is 0 Å². The van der Waals surface area contributed by atoms with Gasteiger partial charge >= 0.3 is 0 Å². The molecule has 0 fully saturated rings. The van der Waals surface area contributed by atoms with Gasteiger partial charge in [-0.25, -0.2) is 15.0 Å². The topological polar surface area (TPSA) is 141 Å². The highest BCUT2D eigenvalue weighted by molar-refractivity contribution is 6.32. The Balaban J connectivity index is 1.42. The van der Waals surface area contributed by atoms with Gasteiger partial charge in [0.2, 0.25) is 11.3 Å². The van der Waals surface area contributed by atoms with Crippen LogP contribution in [0.1, 0.15) is 23.5 Å². The summed E-state index contributed by atoms with van der Waals surface area (Å²) in [5, 5.41) is 25.7. The van der Waals surface area contributed by atoms with Crippen molar-refractivity contribution in [3.05, 3.63) is 93.8 Å². The maximum atomic E-state index is 13.3. The van der Waals surface area contributed by atoms with E-state index in [1.807, 2.05) is 12.1 Å². The molecule has 1 aliphatic carbocycles. The summed E-state index contributed by atoms with van der Waals surface area (Å²) in [6.07, 6.45) is 6.66. The maximum absolute atomic E-state index is 13.3. The van der Waals surface area contributed by atoms with Crippen molar-refractivity contribution >= 4 is 29.0 Å². The first-order valence-corrected chi connectivity index (χ1v) is 11.7. The molecule has 1 atom stereocenters. The van der Waals surface area contributed by atoms with Crippen LogP contribution in [-0.4, -0.2) is 25.0 Å². The van der Waals surface area contributed by atoms with Crippen molar-refractivity contribution in [1.82, 2.24) is 19.9 Å². The summed E-state index contributed by atoms with van der Waals surface area (Å²) in [6, 6.07) is 10.6. The molecule has 0 saturated heterocycles. The zero-order chi connectivity index (χ0) is 25.0. The maximum Gasteiger partial charge on any atom is 0.235 e. The number of benzene rings is 1. The average Bonchev–Trinajstić information content (AvgIpc) is 3.60. The molecule has 36 heavy (non-hydrogen) atoms. The Morgan fingerprint density at radius 3 is 2.72 bits per heavy atom. The van der Waals surface area contributed by atoms with Gasteiger partial charge in [0.25, 0.3) is 0 Å². The van der Waals surface area contributed by atoms with Gasteiger partial charge in [-0.3, -0.25) is 0 Å². The van der Waals surface area contributed by atoms with Crippen LogP contribution in [0.4, 0.5) is 5.82 Å². The Morgan fingerprint density at radius 2 is 1.94 bits per heavy atom. The van der Waals surface area contributed by atoms with Crippen LogP contribution in [0.15, 0.2) is 65.8 Å². The van der Waals surface area contributed by atoms with Crippen LogP contribution in [0.25, 0.3) is 33.7 Å². The third-order valence-electron chi connectivity index (χ3n) is 6.38. The van der Waals surface area contributed by atoms with Gasteiger partial charge in [-0.1, -0.05) is 23.2 Å². The van der Waals surface area contributed by atoms with Gasteiger partial charge < -0.3 is 25.4 Å². The van der Waals surface area contributed by atoms with Gasteiger partial charge in [0.1, 0.15) is 16.8 Å². The van der Waals surface area contributed by atoms with E-state index in [1.165, 1.54) is 12.6 Å². The molecule has 4 N–H and O–H groups in total. The molecule has 0 unspecified atom stereocenters. The van der Waals surface area contributed by atoms with Crippen LogP contribution in [0, 0.1) is 5.21 Å². The van der Waals surface area contributed by atoms with E-state index in [-0.39, 0.29) is 23.1 Å². The second kappa shape index (κ2) is 8.34. The molecule has 0 saturated carbocycles. The monoisotopic (exact) mass is 520 g/mol. The van der Waals surface area contributed by atoms with Crippen molar-refractivity contribution in [2.45, 2.75) is 18.4 Å². The van der Waals surface area contributed by atoms with Crippen molar-refractivity contribution in [3.8, 4) is 33.7 Å². The third kappa shape index (κ3) is 3.60. The molecule has 11 heteroatoms. The number of imidazole rings is 1. The summed E-state index contributed by atoms with van der Waals surface area (Å²) in [4.78, 5) is 15.5. The fourth-order valence-electron chi connectivity index (χ4n) is 4.71. The van der Waals surface area contributed by atoms with Crippen molar-refractivity contribution in [2.75, 3.05) is 5.73 Å². The van der Waals surface area contributed by atoms with E-state index >= 15 is 0 Å². The first-order chi connectivity index (χ1) is 17.3. The molecule has 0 amide bonds. The number of aromatic nitrogens is 5. The zero-order valence-corrected chi connectivity index (χ0v) is 20.1. The standard InChI is InChI=1S/C25H18Cl2N6O3/c26-15-1-2-16(20-10-29-12-36-20)18(8-15)14-7-13-5-6-25(34,22(13)33(35)11-14)24-30-9-19(31-24)17-3-4-21(28)32-23(17)27/h1-4,7-12,34H,5-6H2,(H2,28,32)(H,30,31)/t25-/m0/s1. The van der Waals surface area contributed by atoms with Crippen LogP contribution in [0.2, 0.25) is 10.2 Å². The number of hydrogen-bond donors (Lipinski definition) is 3. The van der Waals surface area contributed by atoms with E-state index in [1.54, 1.807) is 36.7 Å². The fraction of sp³-hybridized carbons (Fsp3) is 0.120. The summed E-state index contributed by atoms with van der Waals surface area (Å²) < 4.78 is 6.17. The molecule has 0 spiro atoms. The molecule has 6 rings (SSSR count). The van der Waals surface area contributed by atoms with Crippen LogP contribution in [0.5, 0.6) is 0 Å². The fourth-order valence-corrected chi connectivity index (χ4v) is 5.15. The minimum atomic E-state index is -1.61. The first-order valence-electron chi connectivity index (χ1n) is 11.0. The van der Waals surface area contributed by atoms with E-state index < -0.39 is 5.60 Å². The van der Waals surface area contributed by atoms with E-state index in [0.717, 1.165) is 5.56 Å². The normalized spacial score (nSPS) is 16.9. The van der Waals surface area contributed by atoms with Crippen molar-refractivity contribution in [3.63, 3.8) is 0 Å². The molecule has 0 radical (unpaired) electrons. The molecule has 4 aromatic heterocycles. The van der Waals surface area contributed by atoms with Gasteiger partial charge in [0, 0.05) is 32.8 Å². The van der Waals surface area contributed by atoms with Crippen LogP contribution >= 0.6 is 23.2 Å². The molecule has 5 aromatic rings. The summed E-state index contributed by atoms with van der Waals surface area (Å²) in [5.41, 5.74) is 8.24. The Bertz CT molecular complexity index is 1620. The molecular weight excluding hydrogens is 503 g/mol. The summed E-state index contributed by atoms with van der Waals surface area (Å²) >= 11 is 12.5. The van der Waals surface area contributed by atoms with Crippen molar-refractivity contribution in [2.24, 2.45) is 0 Å². The molecule has 1 aromatic carbocycles. The minimum absolute atomic E-state index is 0.205. The average molecular weight is 521 g/mol. The predicted molar refractivity (Wildman–Crippen MR) is 134 cm³/mol.